The van der Waals surface area contributed by atoms with Gasteiger partial charge in [-0.2, -0.15) is 0 Å². The second-order valence-electron chi connectivity index (χ2n) is 5.89. The zero-order valence-corrected chi connectivity index (χ0v) is 11.4. The Balaban J connectivity index is 1.65. The van der Waals surface area contributed by atoms with Crippen LogP contribution in [0.3, 0.4) is 0 Å². The molecule has 0 aliphatic heterocycles. The molecule has 0 spiro atoms. The molecule has 0 saturated heterocycles. The Bertz CT molecular complexity index is 197. The van der Waals surface area contributed by atoms with Gasteiger partial charge < -0.3 is 10.1 Å². The van der Waals surface area contributed by atoms with Crippen LogP contribution in [0.1, 0.15) is 58.3 Å². The third kappa shape index (κ3) is 4.97. The maximum absolute atomic E-state index is 5.67. The summed E-state index contributed by atoms with van der Waals surface area (Å²) >= 11 is 0. The summed E-state index contributed by atoms with van der Waals surface area (Å²) in [5, 5.41) is 3.72. The molecule has 2 heteroatoms. The number of hydrogen-bond acceptors (Lipinski definition) is 2. The Morgan fingerprint density at radius 3 is 2.53 bits per heavy atom. The van der Waals surface area contributed by atoms with Crippen molar-refractivity contribution >= 4 is 0 Å². The number of hydrogen-bond donors (Lipinski definition) is 1. The Kier molecular flexibility index (Phi) is 5.79. The molecule has 17 heavy (non-hydrogen) atoms. The predicted octanol–water partition coefficient (Wildman–Crippen LogP) is 3.36. The molecule has 0 amide bonds. The van der Waals surface area contributed by atoms with E-state index < -0.39 is 0 Å². The maximum Gasteiger partial charge on any atom is 0.0469 e. The first kappa shape index (κ1) is 13.4. The van der Waals surface area contributed by atoms with Gasteiger partial charge >= 0.3 is 0 Å². The van der Waals surface area contributed by atoms with Gasteiger partial charge in [-0.25, -0.2) is 0 Å². The van der Waals surface area contributed by atoms with Crippen LogP contribution in [0.5, 0.6) is 0 Å². The monoisotopic (exact) mass is 239 g/mol. The molecule has 1 unspecified atom stereocenters. The standard InChI is InChI=1S/C15H29NO/c1-2-10-17-11-9-14(12-16-15-7-8-15)13-5-3-4-6-13/h13-16H,2-12H2,1H3. The highest BCUT2D eigenvalue weighted by Crippen LogP contribution is 2.33. The highest BCUT2D eigenvalue weighted by atomic mass is 16.5. The molecule has 0 aromatic heterocycles. The molecule has 2 fully saturated rings. The number of nitrogens with one attached hydrogen (secondary N) is 1. The Morgan fingerprint density at radius 1 is 1.12 bits per heavy atom. The van der Waals surface area contributed by atoms with Gasteiger partial charge in [-0.15, -0.1) is 0 Å². The van der Waals surface area contributed by atoms with E-state index in [-0.39, 0.29) is 0 Å². The van der Waals surface area contributed by atoms with Crippen molar-refractivity contribution in [3.63, 3.8) is 0 Å². The van der Waals surface area contributed by atoms with E-state index in [1.54, 1.807) is 0 Å². The summed E-state index contributed by atoms with van der Waals surface area (Å²) in [6.45, 7) is 5.34. The van der Waals surface area contributed by atoms with Gasteiger partial charge in [0.2, 0.25) is 0 Å². The molecular formula is C15H29NO. The van der Waals surface area contributed by atoms with Crippen molar-refractivity contribution in [2.24, 2.45) is 11.8 Å². The molecule has 2 rings (SSSR count). The third-order valence-electron chi connectivity index (χ3n) is 4.29. The summed E-state index contributed by atoms with van der Waals surface area (Å²) in [6, 6.07) is 0.857. The van der Waals surface area contributed by atoms with Crippen molar-refractivity contribution in [3.05, 3.63) is 0 Å². The molecule has 2 nitrogen and oxygen atoms in total. The molecule has 1 N–H and O–H groups in total. The van der Waals surface area contributed by atoms with Gasteiger partial charge in [-0.1, -0.05) is 32.6 Å². The zero-order valence-electron chi connectivity index (χ0n) is 11.4. The molecule has 1 atom stereocenters. The van der Waals surface area contributed by atoms with Crippen LogP contribution in [-0.4, -0.2) is 25.8 Å². The van der Waals surface area contributed by atoms with E-state index in [4.69, 9.17) is 4.74 Å². The lowest BCUT2D eigenvalue weighted by Gasteiger charge is -2.24. The van der Waals surface area contributed by atoms with Crippen LogP contribution in [-0.2, 0) is 4.74 Å². The van der Waals surface area contributed by atoms with Gasteiger partial charge in [0, 0.05) is 19.3 Å². The van der Waals surface area contributed by atoms with Gasteiger partial charge in [0.1, 0.15) is 0 Å². The first-order valence-corrected chi connectivity index (χ1v) is 7.71. The van der Waals surface area contributed by atoms with Crippen LogP contribution in [0.25, 0.3) is 0 Å². The SMILES string of the molecule is CCCOCCC(CNC1CC1)C1CCCC1. The van der Waals surface area contributed by atoms with E-state index >= 15 is 0 Å². The van der Waals surface area contributed by atoms with E-state index in [1.807, 2.05) is 0 Å². The molecule has 0 aromatic carbocycles. The van der Waals surface area contributed by atoms with E-state index in [0.29, 0.717) is 0 Å². The largest absolute Gasteiger partial charge is 0.381 e. The number of rotatable bonds is 9. The van der Waals surface area contributed by atoms with Gasteiger partial charge in [0.05, 0.1) is 0 Å². The van der Waals surface area contributed by atoms with Crippen molar-refractivity contribution in [2.75, 3.05) is 19.8 Å². The van der Waals surface area contributed by atoms with Crippen LogP contribution < -0.4 is 5.32 Å². The lowest BCUT2D eigenvalue weighted by molar-refractivity contribution is 0.110. The predicted molar refractivity (Wildman–Crippen MR) is 72.2 cm³/mol. The number of ether oxygens (including phenoxy) is 1. The molecule has 0 aromatic rings. The quantitative estimate of drug-likeness (QED) is 0.623. The fourth-order valence-corrected chi connectivity index (χ4v) is 3.02. The lowest BCUT2D eigenvalue weighted by Crippen LogP contribution is -2.29. The Hall–Kier alpha value is -0.0800. The van der Waals surface area contributed by atoms with E-state index in [2.05, 4.69) is 12.2 Å². The molecule has 0 bridgehead atoms. The molecule has 2 saturated carbocycles. The smallest absolute Gasteiger partial charge is 0.0469 e. The van der Waals surface area contributed by atoms with Crippen LogP contribution >= 0.6 is 0 Å². The van der Waals surface area contributed by atoms with Crippen LogP contribution in [0.15, 0.2) is 0 Å². The first-order valence-electron chi connectivity index (χ1n) is 7.71. The molecular weight excluding hydrogens is 210 g/mol. The van der Waals surface area contributed by atoms with Crippen molar-refractivity contribution in [2.45, 2.75) is 64.3 Å². The van der Waals surface area contributed by atoms with Crippen LogP contribution in [0.4, 0.5) is 0 Å². The summed E-state index contributed by atoms with van der Waals surface area (Å²) in [5.74, 6) is 1.85. The Labute approximate surface area is 107 Å². The lowest BCUT2D eigenvalue weighted by atomic mass is 9.88. The van der Waals surface area contributed by atoms with Crippen molar-refractivity contribution < 1.29 is 4.74 Å². The maximum atomic E-state index is 5.67. The van der Waals surface area contributed by atoms with E-state index in [1.165, 1.54) is 51.5 Å². The van der Waals surface area contributed by atoms with Crippen LogP contribution in [0, 0.1) is 11.8 Å². The van der Waals surface area contributed by atoms with Crippen LogP contribution in [0.2, 0.25) is 0 Å². The normalized spacial score (nSPS) is 23.1. The second kappa shape index (κ2) is 7.38. The van der Waals surface area contributed by atoms with Gasteiger partial charge in [0.15, 0.2) is 0 Å². The third-order valence-corrected chi connectivity index (χ3v) is 4.29. The summed E-state index contributed by atoms with van der Waals surface area (Å²) in [6.07, 6.45) is 11.1. The van der Waals surface area contributed by atoms with Gasteiger partial charge in [0.25, 0.3) is 0 Å². The van der Waals surface area contributed by atoms with Crippen molar-refractivity contribution in [1.82, 2.24) is 5.32 Å². The first-order chi connectivity index (χ1) is 8.40. The average molecular weight is 239 g/mol. The van der Waals surface area contributed by atoms with Gasteiger partial charge in [-0.3, -0.25) is 0 Å². The average Bonchev–Trinajstić information content (AvgIpc) is 3.01. The minimum Gasteiger partial charge on any atom is -0.381 e. The zero-order chi connectivity index (χ0) is 11.9. The highest BCUT2D eigenvalue weighted by Gasteiger charge is 2.27. The minimum atomic E-state index is 0.857. The van der Waals surface area contributed by atoms with Crippen molar-refractivity contribution in [1.29, 1.82) is 0 Å². The minimum absolute atomic E-state index is 0.857. The summed E-state index contributed by atoms with van der Waals surface area (Å²) in [5.41, 5.74) is 0. The molecule has 2 aliphatic rings. The topological polar surface area (TPSA) is 21.3 Å². The summed E-state index contributed by atoms with van der Waals surface area (Å²) in [7, 11) is 0. The highest BCUT2D eigenvalue weighted by molar-refractivity contribution is 4.84. The van der Waals surface area contributed by atoms with Crippen molar-refractivity contribution in [3.8, 4) is 0 Å². The summed E-state index contributed by atoms with van der Waals surface area (Å²) < 4.78 is 5.67. The van der Waals surface area contributed by atoms with E-state index in [9.17, 15) is 0 Å². The fourth-order valence-electron chi connectivity index (χ4n) is 3.02. The van der Waals surface area contributed by atoms with Gasteiger partial charge in [-0.05, 0) is 44.1 Å². The molecule has 2 aliphatic carbocycles. The van der Waals surface area contributed by atoms with E-state index in [0.717, 1.165) is 37.5 Å². The fraction of sp³-hybridized carbons (Fsp3) is 1.00. The molecule has 100 valence electrons. The molecule has 0 heterocycles. The molecule has 0 radical (unpaired) electrons. The second-order valence-corrected chi connectivity index (χ2v) is 5.89. The Morgan fingerprint density at radius 2 is 1.88 bits per heavy atom. The summed E-state index contributed by atoms with van der Waals surface area (Å²) in [4.78, 5) is 0.